The lowest BCUT2D eigenvalue weighted by Crippen LogP contribution is -2.70. The second kappa shape index (κ2) is 5.84. The molecule has 0 bridgehead atoms. The van der Waals surface area contributed by atoms with Gasteiger partial charge in [0.1, 0.15) is 0 Å². The molecule has 0 spiro atoms. The number of fused-ring (bicyclic) bond motifs is 7. The fourth-order valence-corrected chi connectivity index (χ4v) is 8.28. The summed E-state index contributed by atoms with van der Waals surface area (Å²) in [4.78, 5) is 12.4. The molecule has 0 aromatic rings. The molecule has 0 heterocycles. The molecule has 6 unspecified atom stereocenters. The van der Waals surface area contributed by atoms with E-state index >= 15 is 0 Å². The van der Waals surface area contributed by atoms with Gasteiger partial charge in [-0.2, -0.15) is 0 Å². The molecule has 156 valence electrons. The number of ketones is 1. The molecule has 2 heteroatoms. The van der Waals surface area contributed by atoms with E-state index in [1.165, 1.54) is 43.3 Å². The Hall–Kier alpha value is -1.41. The molecule has 0 aromatic carbocycles. The molecule has 0 radical (unpaired) electrons. The Kier molecular flexibility index (Phi) is 3.94. The van der Waals surface area contributed by atoms with Crippen molar-refractivity contribution in [1.29, 1.82) is 0 Å². The molecule has 3 saturated carbocycles. The van der Waals surface area contributed by atoms with Gasteiger partial charge < -0.3 is 5.73 Å². The van der Waals surface area contributed by atoms with Gasteiger partial charge in [-0.15, -0.1) is 0 Å². The molecule has 5 rings (SSSR count). The standard InChI is InChI=1S/C27H37NO/c1-17-8-10-24(3)12-13-26(5)22-7-6-20-18(2)14-19(29)15-21(20)25(22,4)11-9-23(26)27(24,28)16-17/h6-7,14-15,17,23H,8-13,16,28H2,1-5H3. The van der Waals surface area contributed by atoms with Crippen LogP contribution in [-0.2, 0) is 4.79 Å². The largest absolute Gasteiger partial charge is 0.324 e. The van der Waals surface area contributed by atoms with Gasteiger partial charge in [-0.05, 0) is 97.0 Å². The number of nitrogens with two attached hydrogens (primary N) is 1. The number of hydrogen-bond donors (Lipinski definition) is 1. The summed E-state index contributed by atoms with van der Waals surface area (Å²) < 4.78 is 0. The highest BCUT2D eigenvalue weighted by Crippen LogP contribution is 2.70. The van der Waals surface area contributed by atoms with Crippen LogP contribution >= 0.6 is 0 Å². The second-order valence-corrected chi connectivity index (χ2v) is 11.7. The summed E-state index contributed by atoms with van der Waals surface area (Å²) in [5.74, 6) is 1.40. The van der Waals surface area contributed by atoms with E-state index in [9.17, 15) is 4.79 Å². The molecular weight excluding hydrogens is 354 g/mol. The van der Waals surface area contributed by atoms with Crippen molar-refractivity contribution in [2.75, 3.05) is 0 Å². The van der Waals surface area contributed by atoms with Crippen LogP contribution in [0.5, 0.6) is 0 Å². The van der Waals surface area contributed by atoms with Crippen molar-refractivity contribution < 1.29 is 4.79 Å². The zero-order valence-corrected chi connectivity index (χ0v) is 18.9. The molecule has 0 saturated heterocycles. The van der Waals surface area contributed by atoms with Crippen LogP contribution in [0, 0.1) is 28.1 Å². The highest BCUT2D eigenvalue weighted by atomic mass is 16.1. The minimum Gasteiger partial charge on any atom is -0.324 e. The quantitative estimate of drug-likeness (QED) is 0.546. The van der Waals surface area contributed by atoms with Crippen LogP contribution in [-0.4, -0.2) is 11.3 Å². The number of carbonyl (C=O) groups is 1. The lowest BCUT2D eigenvalue weighted by atomic mass is 9.38. The maximum atomic E-state index is 12.4. The van der Waals surface area contributed by atoms with Gasteiger partial charge in [0.25, 0.3) is 0 Å². The van der Waals surface area contributed by atoms with E-state index in [0.717, 1.165) is 24.3 Å². The third-order valence-corrected chi connectivity index (χ3v) is 10.1. The number of rotatable bonds is 0. The Morgan fingerprint density at radius 2 is 1.76 bits per heavy atom. The van der Waals surface area contributed by atoms with Gasteiger partial charge in [-0.25, -0.2) is 0 Å². The zero-order valence-electron chi connectivity index (χ0n) is 18.9. The molecule has 3 fully saturated rings. The number of allylic oxidation sites excluding steroid dienone is 8. The number of hydrogen-bond acceptors (Lipinski definition) is 2. The van der Waals surface area contributed by atoms with Gasteiger partial charge in [0, 0.05) is 11.0 Å². The predicted octanol–water partition coefficient (Wildman–Crippen LogP) is 6.05. The van der Waals surface area contributed by atoms with Crippen molar-refractivity contribution >= 4 is 5.78 Å². The van der Waals surface area contributed by atoms with Crippen molar-refractivity contribution in [1.82, 2.24) is 0 Å². The monoisotopic (exact) mass is 391 g/mol. The van der Waals surface area contributed by atoms with Crippen molar-refractivity contribution in [3.8, 4) is 0 Å². The first-order valence-corrected chi connectivity index (χ1v) is 11.7. The van der Waals surface area contributed by atoms with E-state index in [0.29, 0.717) is 5.92 Å². The number of carbonyl (C=O) groups excluding carboxylic acids is 1. The van der Waals surface area contributed by atoms with Crippen molar-refractivity contribution in [3.05, 3.63) is 46.6 Å². The molecule has 5 aliphatic carbocycles. The molecule has 2 nitrogen and oxygen atoms in total. The van der Waals surface area contributed by atoms with Gasteiger partial charge in [-0.3, -0.25) is 4.79 Å². The first-order valence-electron chi connectivity index (χ1n) is 11.7. The van der Waals surface area contributed by atoms with Crippen LogP contribution in [0.15, 0.2) is 46.6 Å². The summed E-state index contributed by atoms with van der Waals surface area (Å²) in [6.07, 6.45) is 16.9. The third-order valence-electron chi connectivity index (χ3n) is 10.1. The normalized spacial score (nSPS) is 48.8. The predicted molar refractivity (Wildman–Crippen MR) is 119 cm³/mol. The van der Waals surface area contributed by atoms with E-state index in [1.807, 2.05) is 6.08 Å². The summed E-state index contributed by atoms with van der Waals surface area (Å²) in [5.41, 5.74) is 12.9. The average Bonchev–Trinajstić information content (AvgIpc) is 2.63. The van der Waals surface area contributed by atoms with Crippen molar-refractivity contribution in [3.63, 3.8) is 0 Å². The fourth-order valence-electron chi connectivity index (χ4n) is 8.28. The summed E-state index contributed by atoms with van der Waals surface area (Å²) in [6.45, 7) is 11.9. The van der Waals surface area contributed by atoms with Crippen LogP contribution in [0.3, 0.4) is 0 Å². The van der Waals surface area contributed by atoms with E-state index < -0.39 is 0 Å². The second-order valence-electron chi connectivity index (χ2n) is 11.7. The van der Waals surface area contributed by atoms with Gasteiger partial charge >= 0.3 is 0 Å². The summed E-state index contributed by atoms with van der Waals surface area (Å²) in [7, 11) is 0. The molecule has 29 heavy (non-hydrogen) atoms. The van der Waals surface area contributed by atoms with E-state index in [1.54, 1.807) is 11.6 Å². The van der Waals surface area contributed by atoms with Gasteiger partial charge in [0.2, 0.25) is 0 Å². The maximum Gasteiger partial charge on any atom is 0.179 e. The first kappa shape index (κ1) is 19.5. The Morgan fingerprint density at radius 1 is 1.00 bits per heavy atom. The summed E-state index contributed by atoms with van der Waals surface area (Å²) in [6, 6.07) is 0. The van der Waals surface area contributed by atoms with Gasteiger partial charge in [-0.1, -0.05) is 51.8 Å². The first-order chi connectivity index (χ1) is 13.5. The summed E-state index contributed by atoms with van der Waals surface area (Å²) >= 11 is 0. The SMILES string of the molecule is CC1=CC(=O)C=C2C1=CC=C1C2(C)CCC2C1(C)CCC1(C)CCC(C)CC21N. The summed E-state index contributed by atoms with van der Waals surface area (Å²) in [5, 5.41) is 0. The Bertz CT molecular complexity index is 919. The van der Waals surface area contributed by atoms with Gasteiger partial charge in [0.05, 0.1) is 0 Å². The highest BCUT2D eigenvalue weighted by Gasteiger charge is 2.65. The minimum absolute atomic E-state index is 0.0368. The van der Waals surface area contributed by atoms with Crippen LogP contribution in [0.4, 0.5) is 0 Å². The molecule has 0 aromatic heterocycles. The van der Waals surface area contributed by atoms with Gasteiger partial charge in [0.15, 0.2) is 5.78 Å². The Balaban J connectivity index is 1.64. The molecule has 2 N–H and O–H groups in total. The lowest BCUT2D eigenvalue weighted by Gasteiger charge is -2.68. The van der Waals surface area contributed by atoms with E-state index in [-0.39, 0.29) is 27.6 Å². The minimum atomic E-state index is -0.0730. The van der Waals surface area contributed by atoms with Crippen LogP contribution in [0.2, 0.25) is 0 Å². The fraction of sp³-hybridized carbons (Fsp3) is 0.667. The Morgan fingerprint density at radius 3 is 2.52 bits per heavy atom. The van der Waals surface area contributed by atoms with Crippen LogP contribution in [0.25, 0.3) is 0 Å². The Labute approximate surface area is 176 Å². The lowest BCUT2D eigenvalue weighted by molar-refractivity contribution is -0.111. The smallest absolute Gasteiger partial charge is 0.179 e. The van der Waals surface area contributed by atoms with Crippen LogP contribution < -0.4 is 5.73 Å². The highest BCUT2D eigenvalue weighted by molar-refractivity contribution is 6.03. The topological polar surface area (TPSA) is 43.1 Å². The molecule has 6 atom stereocenters. The maximum absolute atomic E-state index is 12.4. The van der Waals surface area contributed by atoms with Crippen molar-refractivity contribution in [2.45, 2.75) is 85.1 Å². The van der Waals surface area contributed by atoms with Crippen molar-refractivity contribution in [2.24, 2.45) is 33.8 Å². The molecule has 0 aliphatic heterocycles. The molecule has 0 amide bonds. The zero-order chi connectivity index (χ0) is 20.8. The molecular formula is C27H37NO. The van der Waals surface area contributed by atoms with E-state index in [2.05, 4.69) is 46.8 Å². The molecule has 5 aliphatic rings. The average molecular weight is 392 g/mol. The van der Waals surface area contributed by atoms with Crippen LogP contribution in [0.1, 0.15) is 79.6 Å². The third kappa shape index (κ3) is 2.36. The van der Waals surface area contributed by atoms with E-state index in [4.69, 9.17) is 5.73 Å².